The first-order valence-electron chi connectivity index (χ1n) is 10.8. The van der Waals surface area contributed by atoms with Gasteiger partial charge in [-0.05, 0) is 48.2 Å². The summed E-state index contributed by atoms with van der Waals surface area (Å²) in [5.74, 6) is 0.635. The maximum Gasteiger partial charge on any atom is 0.261 e. The van der Waals surface area contributed by atoms with Crippen LogP contribution in [0.15, 0.2) is 47.4 Å². The molecule has 1 fully saturated rings. The molecule has 176 valence electrons. The number of nitrogens with one attached hydrogen (secondary N) is 1. The summed E-state index contributed by atoms with van der Waals surface area (Å²) < 4.78 is 33.0. The fraction of sp³-hybridized carbons (Fsp3) is 0.409. The van der Waals surface area contributed by atoms with Gasteiger partial charge in [0.15, 0.2) is 6.61 Å². The van der Waals surface area contributed by atoms with Gasteiger partial charge >= 0.3 is 0 Å². The van der Waals surface area contributed by atoms with E-state index in [9.17, 15) is 13.2 Å². The van der Waals surface area contributed by atoms with Gasteiger partial charge in [0.05, 0.1) is 12.0 Å². The van der Waals surface area contributed by atoms with Crippen molar-refractivity contribution in [2.75, 3.05) is 26.8 Å². The second kappa shape index (κ2) is 9.75. The van der Waals surface area contributed by atoms with E-state index in [4.69, 9.17) is 9.57 Å². The number of hydrogen-bond donors (Lipinski definition) is 1. The highest BCUT2D eigenvalue weighted by molar-refractivity contribution is 7.89. The number of amides is 1. The molecule has 3 aromatic rings. The standard InChI is InChI=1S/C22H27N5O5S/c1-16-6-5-11-26(14-16)33(29,30)18-9-10-19-20(12-18)27(25-24-19)32-15-22(28)23-13-17-7-3-4-8-21(17)31-2/h3-4,7-10,12,16H,5-6,11,13-15H2,1-2H3,(H,23,28). The lowest BCUT2D eigenvalue weighted by Crippen LogP contribution is -2.39. The minimum Gasteiger partial charge on any atom is -0.496 e. The van der Waals surface area contributed by atoms with Crippen molar-refractivity contribution in [3.05, 3.63) is 48.0 Å². The Morgan fingerprint density at radius 1 is 1.24 bits per heavy atom. The number of aromatic nitrogens is 3. The summed E-state index contributed by atoms with van der Waals surface area (Å²) in [7, 11) is -2.07. The lowest BCUT2D eigenvalue weighted by atomic mass is 10.0. The molecule has 0 bridgehead atoms. The van der Waals surface area contributed by atoms with Crippen LogP contribution < -0.4 is 14.9 Å². The van der Waals surface area contributed by atoms with Gasteiger partial charge in [0, 0.05) is 25.2 Å². The Bertz CT molecular complexity index is 1240. The van der Waals surface area contributed by atoms with Gasteiger partial charge in [0.25, 0.3) is 5.91 Å². The van der Waals surface area contributed by atoms with Crippen LogP contribution in [0.5, 0.6) is 5.75 Å². The zero-order valence-electron chi connectivity index (χ0n) is 18.6. The minimum absolute atomic E-state index is 0.150. The molecule has 1 unspecified atom stereocenters. The molecule has 1 aromatic heterocycles. The van der Waals surface area contributed by atoms with Crippen molar-refractivity contribution in [1.29, 1.82) is 0 Å². The molecular formula is C22H27N5O5S. The molecule has 1 amide bonds. The maximum absolute atomic E-state index is 13.1. The average molecular weight is 474 g/mol. The number of carbonyl (C=O) groups is 1. The van der Waals surface area contributed by atoms with Crippen molar-refractivity contribution in [3.63, 3.8) is 0 Å². The number of benzene rings is 2. The van der Waals surface area contributed by atoms with Gasteiger partial charge < -0.3 is 14.9 Å². The molecular weight excluding hydrogens is 446 g/mol. The summed E-state index contributed by atoms with van der Waals surface area (Å²) in [6.45, 7) is 3.03. The minimum atomic E-state index is -3.64. The number of para-hydroxylation sites is 1. The van der Waals surface area contributed by atoms with Crippen molar-refractivity contribution in [1.82, 2.24) is 24.8 Å². The first-order chi connectivity index (χ1) is 15.9. The molecule has 1 atom stereocenters. The van der Waals surface area contributed by atoms with Gasteiger partial charge in [-0.25, -0.2) is 8.42 Å². The fourth-order valence-electron chi connectivity index (χ4n) is 3.86. The molecule has 11 heteroatoms. The van der Waals surface area contributed by atoms with Gasteiger partial charge in [-0.3, -0.25) is 4.79 Å². The molecule has 1 aliphatic heterocycles. The van der Waals surface area contributed by atoms with E-state index >= 15 is 0 Å². The zero-order chi connectivity index (χ0) is 23.4. The number of rotatable bonds is 8. The highest BCUT2D eigenvalue weighted by Crippen LogP contribution is 2.25. The number of piperidine rings is 1. The summed E-state index contributed by atoms with van der Waals surface area (Å²) in [5.41, 5.74) is 1.68. The van der Waals surface area contributed by atoms with Crippen LogP contribution in [-0.4, -0.2) is 60.6 Å². The predicted molar refractivity (Wildman–Crippen MR) is 121 cm³/mol. The summed E-state index contributed by atoms with van der Waals surface area (Å²) in [6, 6.07) is 12.0. The molecule has 0 spiro atoms. The zero-order valence-corrected chi connectivity index (χ0v) is 19.4. The second-order valence-electron chi connectivity index (χ2n) is 8.09. The van der Waals surface area contributed by atoms with E-state index in [-0.39, 0.29) is 24.0 Å². The number of carbonyl (C=O) groups excluding carboxylic acids is 1. The number of methoxy groups -OCH3 is 1. The van der Waals surface area contributed by atoms with Crippen LogP contribution >= 0.6 is 0 Å². The van der Waals surface area contributed by atoms with E-state index in [1.54, 1.807) is 13.2 Å². The van der Waals surface area contributed by atoms with E-state index in [1.165, 1.54) is 16.4 Å². The van der Waals surface area contributed by atoms with Crippen LogP contribution in [0.4, 0.5) is 0 Å². The summed E-state index contributed by atoms with van der Waals surface area (Å²) >= 11 is 0. The molecule has 1 saturated heterocycles. The monoisotopic (exact) mass is 473 g/mol. The molecule has 2 heterocycles. The third-order valence-electron chi connectivity index (χ3n) is 5.63. The Morgan fingerprint density at radius 2 is 2.06 bits per heavy atom. The third-order valence-corrected chi connectivity index (χ3v) is 7.49. The van der Waals surface area contributed by atoms with Crippen LogP contribution in [0.3, 0.4) is 0 Å². The Balaban J connectivity index is 1.44. The van der Waals surface area contributed by atoms with E-state index in [2.05, 4.69) is 22.6 Å². The SMILES string of the molecule is COc1ccccc1CNC(=O)COn1nnc2ccc(S(=O)(=O)N3CCCC(C)C3)cc21. The van der Waals surface area contributed by atoms with Crippen molar-refractivity contribution >= 4 is 27.0 Å². The molecule has 33 heavy (non-hydrogen) atoms. The Morgan fingerprint density at radius 3 is 2.85 bits per heavy atom. The second-order valence-corrected chi connectivity index (χ2v) is 10.0. The van der Waals surface area contributed by atoms with Crippen molar-refractivity contribution < 1.29 is 22.8 Å². The molecule has 1 aliphatic rings. The Hall–Kier alpha value is -3.18. The quantitative estimate of drug-likeness (QED) is 0.528. The van der Waals surface area contributed by atoms with Gasteiger partial charge in [-0.15, -0.1) is 5.10 Å². The summed E-state index contributed by atoms with van der Waals surface area (Å²) in [6.07, 6.45) is 1.86. The number of fused-ring (bicyclic) bond motifs is 1. The van der Waals surface area contributed by atoms with Gasteiger partial charge in [0.2, 0.25) is 10.0 Å². The molecule has 10 nitrogen and oxygen atoms in total. The predicted octanol–water partition coefficient (Wildman–Crippen LogP) is 1.61. The van der Waals surface area contributed by atoms with E-state index in [0.29, 0.717) is 35.8 Å². The Kier molecular flexibility index (Phi) is 6.80. The van der Waals surface area contributed by atoms with E-state index < -0.39 is 10.0 Å². The lowest BCUT2D eigenvalue weighted by molar-refractivity contribution is -0.126. The maximum atomic E-state index is 13.1. The third kappa shape index (κ3) is 5.09. The summed E-state index contributed by atoms with van der Waals surface area (Å²) in [4.78, 5) is 19.0. The van der Waals surface area contributed by atoms with Crippen LogP contribution in [0.25, 0.3) is 11.0 Å². The lowest BCUT2D eigenvalue weighted by Gasteiger charge is -2.30. The first kappa shape index (κ1) is 23.0. The smallest absolute Gasteiger partial charge is 0.261 e. The average Bonchev–Trinajstić information content (AvgIpc) is 3.24. The van der Waals surface area contributed by atoms with E-state index in [1.807, 2.05) is 24.3 Å². The number of hydrogen-bond acceptors (Lipinski definition) is 7. The van der Waals surface area contributed by atoms with Crippen LogP contribution in [-0.2, 0) is 21.4 Å². The number of ether oxygens (including phenoxy) is 1. The highest BCUT2D eigenvalue weighted by atomic mass is 32.2. The molecule has 0 radical (unpaired) electrons. The molecule has 1 N–H and O–H groups in total. The fourth-order valence-corrected chi connectivity index (χ4v) is 5.48. The van der Waals surface area contributed by atoms with Crippen LogP contribution in [0.1, 0.15) is 25.3 Å². The molecule has 2 aromatic carbocycles. The Labute approximate surface area is 192 Å². The van der Waals surface area contributed by atoms with Crippen LogP contribution in [0, 0.1) is 5.92 Å². The van der Waals surface area contributed by atoms with Gasteiger partial charge in [-0.1, -0.05) is 30.0 Å². The van der Waals surface area contributed by atoms with Crippen molar-refractivity contribution in [3.8, 4) is 5.75 Å². The first-order valence-corrected chi connectivity index (χ1v) is 12.2. The van der Waals surface area contributed by atoms with E-state index in [0.717, 1.165) is 23.3 Å². The van der Waals surface area contributed by atoms with Crippen molar-refractivity contribution in [2.24, 2.45) is 5.92 Å². The topological polar surface area (TPSA) is 116 Å². The van der Waals surface area contributed by atoms with Gasteiger partial charge in [-0.2, -0.15) is 4.31 Å². The normalized spacial score (nSPS) is 17.1. The largest absolute Gasteiger partial charge is 0.496 e. The van der Waals surface area contributed by atoms with Crippen LogP contribution in [0.2, 0.25) is 0 Å². The number of sulfonamides is 1. The van der Waals surface area contributed by atoms with Crippen molar-refractivity contribution in [2.45, 2.75) is 31.2 Å². The highest BCUT2D eigenvalue weighted by Gasteiger charge is 2.29. The molecule has 4 rings (SSSR count). The summed E-state index contributed by atoms with van der Waals surface area (Å²) in [5, 5.41) is 10.6. The molecule has 0 aliphatic carbocycles. The van der Waals surface area contributed by atoms with Gasteiger partial charge in [0.1, 0.15) is 16.8 Å². The number of nitrogens with zero attached hydrogens (tertiary/aromatic N) is 4. The molecule has 0 saturated carbocycles.